The van der Waals surface area contributed by atoms with E-state index in [1.807, 2.05) is 0 Å². The highest BCUT2D eigenvalue weighted by Crippen LogP contribution is 2.39. The van der Waals surface area contributed by atoms with Crippen molar-refractivity contribution >= 4 is 12.3 Å². The smallest absolute Gasteiger partial charge is 0.340 e. The van der Waals surface area contributed by atoms with Gasteiger partial charge in [0.2, 0.25) is 5.88 Å². The van der Waals surface area contributed by atoms with Gasteiger partial charge in [-0.25, -0.2) is 18.6 Å². The first-order valence-electron chi connectivity index (χ1n) is 10.3. The lowest BCUT2D eigenvalue weighted by molar-refractivity contribution is 0.0602. The van der Waals surface area contributed by atoms with Crippen molar-refractivity contribution < 1.29 is 27.8 Å². The van der Waals surface area contributed by atoms with E-state index in [1.54, 1.807) is 0 Å². The summed E-state index contributed by atoms with van der Waals surface area (Å²) in [7, 11) is 1.22. The fourth-order valence-corrected chi connectivity index (χ4v) is 3.97. The van der Waals surface area contributed by atoms with E-state index in [0.29, 0.717) is 17.4 Å². The number of hydrogen-bond donors (Lipinski definition) is 0. The highest BCUT2D eigenvalue weighted by molar-refractivity contribution is 6.08. The molecule has 0 atom stereocenters. The molecular formula is C25H21F2NO4. The first-order chi connectivity index (χ1) is 15.5. The highest BCUT2D eigenvalue weighted by atomic mass is 19.1. The molecule has 1 fully saturated rings. The van der Waals surface area contributed by atoms with Crippen LogP contribution in [-0.4, -0.2) is 30.5 Å². The molecule has 0 unspecified atom stereocenters. The second-order valence-electron chi connectivity index (χ2n) is 7.58. The molecule has 0 radical (unpaired) electrons. The van der Waals surface area contributed by atoms with Crippen LogP contribution in [-0.2, 0) is 4.74 Å². The first-order valence-corrected chi connectivity index (χ1v) is 10.3. The van der Waals surface area contributed by atoms with Crippen molar-refractivity contribution in [3.8, 4) is 28.3 Å². The normalized spacial score (nSPS) is 13.7. The van der Waals surface area contributed by atoms with Crippen LogP contribution in [0.25, 0.3) is 22.4 Å². The lowest BCUT2D eigenvalue weighted by atomic mass is 9.92. The zero-order valence-corrected chi connectivity index (χ0v) is 17.4. The van der Waals surface area contributed by atoms with Gasteiger partial charge in [0.25, 0.3) is 0 Å². The van der Waals surface area contributed by atoms with Gasteiger partial charge in [0.1, 0.15) is 17.7 Å². The van der Waals surface area contributed by atoms with Gasteiger partial charge in [0.05, 0.1) is 23.9 Å². The second kappa shape index (κ2) is 9.26. The number of rotatable bonds is 6. The van der Waals surface area contributed by atoms with Crippen molar-refractivity contribution in [1.29, 1.82) is 0 Å². The minimum Gasteiger partial charge on any atom is -0.474 e. The van der Waals surface area contributed by atoms with Crippen molar-refractivity contribution in [2.45, 2.75) is 31.8 Å². The van der Waals surface area contributed by atoms with Crippen molar-refractivity contribution in [2.75, 3.05) is 7.11 Å². The monoisotopic (exact) mass is 437 g/mol. The van der Waals surface area contributed by atoms with Crippen molar-refractivity contribution in [1.82, 2.24) is 4.98 Å². The van der Waals surface area contributed by atoms with Crippen LogP contribution in [0.15, 0.2) is 48.5 Å². The van der Waals surface area contributed by atoms with E-state index in [4.69, 9.17) is 9.47 Å². The number of methoxy groups -OCH3 is 1. The Morgan fingerprint density at radius 3 is 2.06 bits per heavy atom. The Morgan fingerprint density at radius 2 is 1.53 bits per heavy atom. The molecule has 1 heterocycles. The van der Waals surface area contributed by atoms with Gasteiger partial charge in [-0.2, -0.15) is 0 Å². The first kappa shape index (κ1) is 21.6. The van der Waals surface area contributed by atoms with E-state index in [1.165, 1.54) is 55.6 Å². The fourth-order valence-electron chi connectivity index (χ4n) is 3.97. The van der Waals surface area contributed by atoms with Crippen molar-refractivity contribution in [2.24, 2.45) is 0 Å². The Kier molecular flexibility index (Phi) is 6.25. The maximum absolute atomic E-state index is 13.6. The number of carbonyl (C=O) groups is 2. The zero-order chi connectivity index (χ0) is 22.7. The summed E-state index contributed by atoms with van der Waals surface area (Å²) < 4.78 is 38.3. The molecule has 164 valence electrons. The van der Waals surface area contributed by atoms with E-state index < -0.39 is 17.6 Å². The largest absolute Gasteiger partial charge is 0.474 e. The minimum atomic E-state index is -0.730. The summed E-state index contributed by atoms with van der Waals surface area (Å²) in [6.45, 7) is 0. The Balaban J connectivity index is 2.03. The summed E-state index contributed by atoms with van der Waals surface area (Å²) in [6, 6.07) is 10.9. The number of benzene rings is 2. The number of aromatic nitrogens is 1. The third kappa shape index (κ3) is 4.23. The molecule has 1 saturated carbocycles. The number of aldehydes is 1. The molecule has 0 N–H and O–H groups in total. The molecule has 0 bridgehead atoms. The Labute approximate surface area is 184 Å². The predicted molar refractivity (Wildman–Crippen MR) is 115 cm³/mol. The van der Waals surface area contributed by atoms with Crippen molar-refractivity contribution in [3.05, 3.63) is 71.3 Å². The molecule has 1 aromatic heterocycles. The zero-order valence-electron chi connectivity index (χ0n) is 17.4. The third-order valence-corrected chi connectivity index (χ3v) is 5.54. The van der Waals surface area contributed by atoms with Gasteiger partial charge in [-0.1, -0.05) is 12.1 Å². The molecule has 1 aliphatic carbocycles. The standard InChI is InChI=1S/C25H21F2NO4/c1-31-25(30)22-21(15-6-10-17(26)11-7-15)20(14-29)24(32-19-4-2-3-5-19)28-23(22)16-8-12-18(27)13-9-16/h6-14,19H,2-5H2,1H3. The Hall–Kier alpha value is -3.61. The number of esters is 1. The number of halogens is 2. The average Bonchev–Trinajstić information content (AvgIpc) is 3.32. The number of nitrogens with zero attached hydrogens (tertiary/aromatic N) is 1. The minimum absolute atomic E-state index is 0.0200. The van der Waals surface area contributed by atoms with Gasteiger partial charge in [0, 0.05) is 11.1 Å². The molecule has 5 nitrogen and oxygen atoms in total. The SMILES string of the molecule is COC(=O)c1c(-c2ccc(F)cc2)nc(OC2CCCC2)c(C=O)c1-c1ccc(F)cc1. The van der Waals surface area contributed by atoms with Crippen LogP contribution in [0.5, 0.6) is 5.88 Å². The summed E-state index contributed by atoms with van der Waals surface area (Å²) in [4.78, 5) is 29.6. The molecule has 0 aliphatic heterocycles. The van der Waals surface area contributed by atoms with Crippen LogP contribution in [0, 0.1) is 11.6 Å². The number of hydrogen-bond acceptors (Lipinski definition) is 5. The van der Waals surface area contributed by atoms with Crippen LogP contribution >= 0.6 is 0 Å². The molecule has 7 heteroatoms. The van der Waals surface area contributed by atoms with Gasteiger partial charge in [-0.05, 0) is 67.6 Å². The summed E-state index contributed by atoms with van der Waals surface area (Å²) in [5.74, 6) is -1.56. The van der Waals surface area contributed by atoms with Crippen molar-refractivity contribution in [3.63, 3.8) is 0 Å². The summed E-state index contributed by atoms with van der Waals surface area (Å²) >= 11 is 0. The lowest BCUT2D eigenvalue weighted by Crippen LogP contribution is -2.17. The maximum atomic E-state index is 13.6. The maximum Gasteiger partial charge on any atom is 0.340 e. The average molecular weight is 437 g/mol. The van der Waals surface area contributed by atoms with E-state index in [9.17, 15) is 18.4 Å². The fraction of sp³-hybridized carbons (Fsp3) is 0.240. The second-order valence-corrected chi connectivity index (χ2v) is 7.58. The molecule has 0 saturated heterocycles. The molecule has 1 aliphatic rings. The number of ether oxygens (including phenoxy) is 2. The van der Waals surface area contributed by atoms with Gasteiger partial charge < -0.3 is 9.47 Å². The highest BCUT2D eigenvalue weighted by Gasteiger charge is 2.29. The summed E-state index contributed by atoms with van der Waals surface area (Å²) in [5, 5.41) is 0. The Morgan fingerprint density at radius 1 is 0.969 bits per heavy atom. The van der Waals surface area contributed by atoms with Gasteiger partial charge in [-0.15, -0.1) is 0 Å². The molecule has 3 aromatic rings. The topological polar surface area (TPSA) is 65.5 Å². The van der Waals surface area contributed by atoms with Crippen LogP contribution in [0.1, 0.15) is 46.4 Å². The summed E-state index contributed by atoms with van der Waals surface area (Å²) in [6.07, 6.45) is 4.16. The van der Waals surface area contributed by atoms with Gasteiger partial charge >= 0.3 is 5.97 Å². The van der Waals surface area contributed by atoms with Gasteiger partial charge in [-0.3, -0.25) is 4.79 Å². The van der Waals surface area contributed by atoms with E-state index in [2.05, 4.69) is 4.98 Å². The third-order valence-electron chi connectivity index (χ3n) is 5.54. The van der Waals surface area contributed by atoms with E-state index in [0.717, 1.165) is 25.7 Å². The molecule has 32 heavy (non-hydrogen) atoms. The number of carbonyl (C=O) groups excluding carboxylic acids is 2. The van der Waals surface area contributed by atoms with Crippen LogP contribution in [0.2, 0.25) is 0 Å². The lowest BCUT2D eigenvalue weighted by Gasteiger charge is -2.20. The molecule has 0 spiro atoms. The van der Waals surface area contributed by atoms with Gasteiger partial charge in [0.15, 0.2) is 6.29 Å². The molecule has 2 aromatic carbocycles. The van der Waals surface area contributed by atoms with Crippen LogP contribution < -0.4 is 4.74 Å². The van der Waals surface area contributed by atoms with Crippen LogP contribution in [0.4, 0.5) is 8.78 Å². The summed E-state index contributed by atoms with van der Waals surface area (Å²) in [5.41, 5.74) is 1.39. The van der Waals surface area contributed by atoms with E-state index in [-0.39, 0.29) is 34.4 Å². The Bertz CT molecular complexity index is 1140. The van der Waals surface area contributed by atoms with E-state index >= 15 is 0 Å². The number of pyridine rings is 1. The molecule has 4 rings (SSSR count). The quantitative estimate of drug-likeness (QED) is 0.370. The molecular weight excluding hydrogens is 416 g/mol. The van der Waals surface area contributed by atoms with Crippen LogP contribution in [0.3, 0.4) is 0 Å². The molecule has 0 amide bonds. The predicted octanol–water partition coefficient (Wildman–Crippen LogP) is 5.61.